The van der Waals surface area contributed by atoms with Gasteiger partial charge in [0.15, 0.2) is 23.0 Å². The highest BCUT2D eigenvalue weighted by Gasteiger charge is 2.37. The average molecular weight is 648 g/mol. The minimum absolute atomic E-state index is 0.152. The summed E-state index contributed by atoms with van der Waals surface area (Å²) in [6.45, 7) is 2.99. The molecule has 0 spiro atoms. The zero-order valence-electron chi connectivity index (χ0n) is 24.3. The van der Waals surface area contributed by atoms with E-state index in [4.69, 9.17) is 42.1 Å². The quantitative estimate of drug-likeness (QED) is 0.135. The molecule has 1 N–H and O–H groups in total. The molecular weight excluding hydrogens is 619 g/mol. The van der Waals surface area contributed by atoms with Gasteiger partial charge in [0.05, 0.1) is 29.4 Å². The molecule has 0 bridgehead atoms. The van der Waals surface area contributed by atoms with E-state index >= 15 is 0 Å². The van der Waals surface area contributed by atoms with Crippen LogP contribution in [-0.2, 0) is 22.8 Å². The van der Waals surface area contributed by atoms with Crippen LogP contribution in [0.15, 0.2) is 90.5 Å². The predicted octanol–water partition coefficient (Wildman–Crippen LogP) is 7.23. The molecule has 1 aliphatic heterocycles. The zero-order chi connectivity index (χ0) is 31.9. The van der Waals surface area contributed by atoms with Gasteiger partial charge in [-0.1, -0.05) is 65.7 Å². The predicted molar refractivity (Wildman–Crippen MR) is 171 cm³/mol. The van der Waals surface area contributed by atoms with Crippen LogP contribution >= 0.6 is 23.2 Å². The van der Waals surface area contributed by atoms with Crippen molar-refractivity contribution < 1.29 is 33.3 Å². The van der Waals surface area contributed by atoms with Gasteiger partial charge in [-0.15, -0.1) is 0 Å². The second-order valence-corrected chi connectivity index (χ2v) is 10.6. The van der Waals surface area contributed by atoms with Crippen LogP contribution in [0.3, 0.4) is 0 Å². The summed E-state index contributed by atoms with van der Waals surface area (Å²) in [5.74, 6) is 0.393. The smallest absolute Gasteiger partial charge is 0.335 e. The van der Waals surface area contributed by atoms with Crippen molar-refractivity contribution >= 4 is 52.8 Å². The van der Waals surface area contributed by atoms with E-state index in [1.807, 2.05) is 55.5 Å². The largest absolute Gasteiger partial charge is 0.493 e. The van der Waals surface area contributed by atoms with Crippen LogP contribution in [0.2, 0.25) is 10.0 Å². The fourth-order valence-corrected chi connectivity index (χ4v) is 4.79. The number of hydrogen-bond acceptors (Lipinski definition) is 7. The Kier molecular flexibility index (Phi) is 9.92. The Balaban J connectivity index is 1.31. The third kappa shape index (κ3) is 7.39. The number of methoxy groups -OCH3 is 1. The van der Waals surface area contributed by atoms with Crippen LogP contribution in [-0.4, -0.2) is 31.6 Å². The van der Waals surface area contributed by atoms with Crippen LogP contribution < -0.4 is 29.2 Å². The second-order valence-electron chi connectivity index (χ2n) is 9.74. The Morgan fingerprint density at radius 1 is 0.733 bits per heavy atom. The number of barbiturate groups is 1. The molecule has 1 saturated heterocycles. The summed E-state index contributed by atoms with van der Waals surface area (Å²) in [5.41, 5.74) is 2.27. The lowest BCUT2D eigenvalue weighted by atomic mass is 10.1. The van der Waals surface area contributed by atoms with Gasteiger partial charge in [-0.05, 0) is 72.2 Å². The molecule has 4 aromatic rings. The lowest BCUT2D eigenvalue weighted by molar-refractivity contribution is -0.122. The van der Waals surface area contributed by atoms with E-state index in [9.17, 15) is 14.4 Å². The first-order chi connectivity index (χ1) is 21.8. The number of carbonyl (C=O) groups excluding carboxylic acids is 3. The number of urea groups is 1. The number of hydrogen-bond donors (Lipinski definition) is 1. The number of anilines is 1. The van der Waals surface area contributed by atoms with E-state index in [-0.39, 0.29) is 27.9 Å². The molecule has 1 aliphatic rings. The average Bonchev–Trinajstić information content (AvgIpc) is 3.04. The van der Waals surface area contributed by atoms with Crippen LogP contribution in [0.1, 0.15) is 23.6 Å². The number of rotatable bonds is 11. The summed E-state index contributed by atoms with van der Waals surface area (Å²) >= 11 is 12.1. The maximum atomic E-state index is 13.3. The number of carbonyl (C=O) groups is 3. The third-order valence-electron chi connectivity index (χ3n) is 6.70. The molecule has 1 fully saturated rings. The second kappa shape index (κ2) is 14.2. The molecule has 0 atom stereocenters. The van der Waals surface area contributed by atoms with Gasteiger partial charge in [0, 0.05) is 0 Å². The Morgan fingerprint density at radius 2 is 1.44 bits per heavy atom. The van der Waals surface area contributed by atoms with Gasteiger partial charge in [-0.25, -0.2) is 9.69 Å². The molecule has 0 unspecified atom stereocenters. The Hall–Kier alpha value is -4.99. The van der Waals surface area contributed by atoms with E-state index in [0.717, 1.165) is 16.0 Å². The van der Waals surface area contributed by atoms with Gasteiger partial charge in [-0.2, -0.15) is 0 Å². The summed E-state index contributed by atoms with van der Waals surface area (Å²) in [5, 5.41) is 2.59. The maximum absolute atomic E-state index is 13.3. The number of halogens is 2. The molecule has 4 amide bonds. The van der Waals surface area contributed by atoms with Crippen LogP contribution in [0.4, 0.5) is 10.5 Å². The third-order valence-corrected chi connectivity index (χ3v) is 7.44. The molecule has 9 nitrogen and oxygen atoms in total. The molecule has 11 heteroatoms. The number of nitrogens with one attached hydrogen (secondary N) is 1. The molecule has 45 heavy (non-hydrogen) atoms. The van der Waals surface area contributed by atoms with Gasteiger partial charge in [0.2, 0.25) is 0 Å². The highest BCUT2D eigenvalue weighted by molar-refractivity contribution is 6.43. The number of imide groups is 2. The van der Waals surface area contributed by atoms with Crippen LogP contribution in [0.25, 0.3) is 6.08 Å². The zero-order valence-corrected chi connectivity index (χ0v) is 25.9. The van der Waals surface area contributed by atoms with Gasteiger partial charge in [0.1, 0.15) is 18.8 Å². The van der Waals surface area contributed by atoms with Crippen molar-refractivity contribution in [2.24, 2.45) is 0 Å². The monoisotopic (exact) mass is 646 g/mol. The minimum Gasteiger partial charge on any atom is -0.493 e. The van der Waals surface area contributed by atoms with Crippen molar-refractivity contribution in [3.8, 4) is 23.0 Å². The minimum atomic E-state index is -0.898. The van der Waals surface area contributed by atoms with Crippen molar-refractivity contribution in [1.82, 2.24) is 5.32 Å². The van der Waals surface area contributed by atoms with Gasteiger partial charge < -0.3 is 18.9 Å². The molecule has 1 heterocycles. The molecule has 5 rings (SSSR count). The first-order valence-corrected chi connectivity index (χ1v) is 14.6. The fourth-order valence-electron chi connectivity index (χ4n) is 4.50. The van der Waals surface area contributed by atoms with Crippen molar-refractivity contribution in [3.63, 3.8) is 0 Å². The van der Waals surface area contributed by atoms with Crippen molar-refractivity contribution in [1.29, 1.82) is 0 Å². The Morgan fingerprint density at radius 3 is 2.16 bits per heavy atom. The SMILES string of the molecule is CCOc1cc(COc2ccc(/C=C3/C(=O)NC(=O)N(c4ccc(Cl)c(Cl)c4)C3=O)cc2OC)ccc1OCc1ccccc1. The molecule has 0 aromatic heterocycles. The van der Waals surface area contributed by atoms with E-state index < -0.39 is 17.8 Å². The van der Waals surface area contributed by atoms with E-state index in [1.54, 1.807) is 18.2 Å². The normalized spacial score (nSPS) is 13.9. The summed E-state index contributed by atoms with van der Waals surface area (Å²) in [7, 11) is 1.48. The number of amides is 4. The summed E-state index contributed by atoms with van der Waals surface area (Å²) in [6, 6.07) is 23.8. The van der Waals surface area contributed by atoms with Gasteiger partial charge in [-0.3, -0.25) is 14.9 Å². The molecular formula is C34H28Cl2N2O7. The summed E-state index contributed by atoms with van der Waals surface area (Å²) in [4.78, 5) is 39.3. The number of benzene rings is 4. The lowest BCUT2D eigenvalue weighted by Gasteiger charge is -2.26. The first kappa shape index (κ1) is 31.4. The van der Waals surface area contributed by atoms with Gasteiger partial charge >= 0.3 is 6.03 Å². The number of nitrogens with zero attached hydrogens (tertiary/aromatic N) is 1. The Labute approximate surface area is 269 Å². The lowest BCUT2D eigenvalue weighted by Crippen LogP contribution is -2.54. The molecule has 0 saturated carbocycles. The highest BCUT2D eigenvalue weighted by atomic mass is 35.5. The van der Waals surface area contributed by atoms with E-state index in [1.165, 1.54) is 31.4 Å². The highest BCUT2D eigenvalue weighted by Crippen LogP contribution is 2.34. The fraction of sp³-hybridized carbons (Fsp3) is 0.147. The van der Waals surface area contributed by atoms with Gasteiger partial charge in [0.25, 0.3) is 11.8 Å². The maximum Gasteiger partial charge on any atom is 0.335 e. The van der Waals surface area contributed by atoms with E-state index in [2.05, 4.69) is 5.32 Å². The first-order valence-electron chi connectivity index (χ1n) is 13.9. The standard InChI is InChI=1S/C34H28Cl2N2O7/c1-3-43-31-17-23(10-14-29(31)44-19-21-7-5-4-6-8-21)20-45-28-13-9-22(16-30(28)42-2)15-25-32(39)37-34(41)38(33(25)40)24-11-12-26(35)27(36)18-24/h4-18H,3,19-20H2,1-2H3,(H,37,39,41)/b25-15-. The molecule has 230 valence electrons. The molecule has 0 radical (unpaired) electrons. The van der Waals surface area contributed by atoms with Crippen molar-refractivity contribution in [2.45, 2.75) is 20.1 Å². The Bertz CT molecular complexity index is 1780. The molecule has 4 aromatic carbocycles. The van der Waals surface area contributed by atoms with Crippen molar-refractivity contribution in [3.05, 3.63) is 117 Å². The van der Waals surface area contributed by atoms with Crippen molar-refractivity contribution in [2.75, 3.05) is 18.6 Å². The van der Waals surface area contributed by atoms with E-state index in [0.29, 0.717) is 41.8 Å². The topological polar surface area (TPSA) is 103 Å². The number of ether oxygens (including phenoxy) is 4. The molecule has 0 aliphatic carbocycles. The van der Waals surface area contributed by atoms with Crippen LogP contribution in [0.5, 0.6) is 23.0 Å². The summed E-state index contributed by atoms with van der Waals surface area (Å²) < 4.78 is 23.4. The summed E-state index contributed by atoms with van der Waals surface area (Å²) in [6.07, 6.45) is 1.36. The van der Waals surface area contributed by atoms with Crippen LogP contribution in [0, 0.1) is 0 Å².